The van der Waals surface area contributed by atoms with Gasteiger partial charge in [0.1, 0.15) is 0 Å². The van der Waals surface area contributed by atoms with Gasteiger partial charge < -0.3 is 15.2 Å². The summed E-state index contributed by atoms with van der Waals surface area (Å²) in [6.07, 6.45) is 2.72. The number of fused-ring (bicyclic) bond motifs is 3. The third kappa shape index (κ3) is 3.27. The van der Waals surface area contributed by atoms with Gasteiger partial charge in [0.2, 0.25) is 0 Å². The molecule has 2 aromatic heterocycles. The fraction of sp³-hybridized carbons (Fsp3) is 0.115. The first-order chi connectivity index (χ1) is 15.2. The summed E-state index contributed by atoms with van der Waals surface area (Å²) >= 11 is 1.77. The van der Waals surface area contributed by atoms with Gasteiger partial charge in [0, 0.05) is 34.9 Å². The van der Waals surface area contributed by atoms with Gasteiger partial charge in [0.05, 0.1) is 5.69 Å². The lowest BCUT2D eigenvalue weighted by Crippen LogP contribution is -2.38. The quantitative estimate of drug-likeness (QED) is 0.328. The number of nitrogens with zero attached hydrogens (tertiary/aromatic N) is 1. The van der Waals surface area contributed by atoms with E-state index in [0.29, 0.717) is 13.1 Å². The first-order valence-electron chi connectivity index (χ1n) is 10.5. The van der Waals surface area contributed by atoms with E-state index in [1.165, 1.54) is 32.3 Å². The first kappa shape index (κ1) is 18.2. The largest absolute Gasteiger partial charge is 0.359 e. The molecule has 152 valence electrons. The summed E-state index contributed by atoms with van der Waals surface area (Å²) < 4.78 is 1.32. The second kappa shape index (κ2) is 7.29. The minimum Gasteiger partial charge on any atom is -0.359 e. The van der Waals surface area contributed by atoms with Gasteiger partial charge in [-0.15, -0.1) is 11.3 Å². The molecule has 0 bridgehead atoms. The summed E-state index contributed by atoms with van der Waals surface area (Å²) in [5.41, 5.74) is 6.89. The zero-order chi connectivity index (χ0) is 20.8. The van der Waals surface area contributed by atoms with E-state index < -0.39 is 0 Å². The Hall–Kier alpha value is -3.57. The summed E-state index contributed by atoms with van der Waals surface area (Å²) in [4.78, 5) is 18.0. The van der Waals surface area contributed by atoms with Gasteiger partial charge in [-0.2, -0.15) is 0 Å². The molecule has 6 rings (SSSR count). The number of anilines is 1. The normalized spacial score (nSPS) is 13.5. The number of nitrogens with one attached hydrogen (secondary N) is 2. The SMILES string of the molecule is O=C(Nc1c[nH]c2ccccc12)N1CCc2cc(-c3ccc4sccc4c3)ccc2C1. The van der Waals surface area contributed by atoms with E-state index in [4.69, 9.17) is 0 Å². The number of para-hydroxylation sites is 1. The highest BCUT2D eigenvalue weighted by atomic mass is 32.1. The molecule has 4 nitrogen and oxygen atoms in total. The zero-order valence-corrected chi connectivity index (χ0v) is 17.7. The van der Waals surface area contributed by atoms with Crippen LogP contribution in [-0.4, -0.2) is 22.5 Å². The van der Waals surface area contributed by atoms with Gasteiger partial charge in [-0.3, -0.25) is 0 Å². The van der Waals surface area contributed by atoms with E-state index in [2.05, 4.69) is 58.1 Å². The number of H-pyrrole nitrogens is 1. The second-order valence-electron chi connectivity index (χ2n) is 8.01. The van der Waals surface area contributed by atoms with E-state index in [1.807, 2.05) is 35.4 Å². The van der Waals surface area contributed by atoms with Crippen LogP contribution in [0.25, 0.3) is 32.1 Å². The van der Waals surface area contributed by atoms with Crippen molar-refractivity contribution >= 4 is 44.0 Å². The number of hydrogen-bond acceptors (Lipinski definition) is 2. The highest BCUT2D eigenvalue weighted by Gasteiger charge is 2.22. The van der Waals surface area contributed by atoms with Crippen LogP contribution < -0.4 is 5.32 Å². The molecule has 0 saturated heterocycles. The van der Waals surface area contributed by atoms with E-state index in [0.717, 1.165) is 23.0 Å². The average molecular weight is 424 g/mol. The number of aromatic nitrogens is 1. The van der Waals surface area contributed by atoms with Crippen molar-refractivity contribution in [3.05, 3.63) is 89.4 Å². The molecule has 5 aromatic rings. The van der Waals surface area contributed by atoms with Crippen LogP contribution in [0, 0.1) is 0 Å². The van der Waals surface area contributed by atoms with Gasteiger partial charge in [-0.05, 0) is 63.7 Å². The number of aromatic amines is 1. The molecule has 2 amide bonds. The van der Waals surface area contributed by atoms with Gasteiger partial charge >= 0.3 is 6.03 Å². The van der Waals surface area contributed by atoms with Crippen LogP contribution in [-0.2, 0) is 13.0 Å². The summed E-state index contributed by atoms with van der Waals surface area (Å²) in [7, 11) is 0. The number of urea groups is 1. The lowest BCUT2D eigenvalue weighted by atomic mass is 9.94. The van der Waals surface area contributed by atoms with Crippen LogP contribution in [0.4, 0.5) is 10.5 Å². The smallest absolute Gasteiger partial charge is 0.322 e. The Kier molecular flexibility index (Phi) is 4.28. The number of rotatable bonds is 2. The standard InChI is InChI=1S/C26H21N3OS/c30-26(28-24-15-27-23-4-2-1-3-22(23)24)29-11-9-19-13-17(5-6-21(19)16-29)18-7-8-25-20(14-18)10-12-31-25/h1-8,10,12-15,27H,9,11,16H2,(H,28,30). The molecule has 2 N–H and O–H groups in total. The van der Waals surface area contributed by atoms with E-state index in [1.54, 1.807) is 11.3 Å². The first-order valence-corrected chi connectivity index (χ1v) is 11.3. The Labute approximate surface area is 184 Å². The predicted octanol–water partition coefficient (Wildman–Crippen LogP) is 6.64. The van der Waals surface area contributed by atoms with Crippen molar-refractivity contribution in [2.75, 3.05) is 11.9 Å². The molecular formula is C26H21N3OS. The van der Waals surface area contributed by atoms with Crippen molar-refractivity contribution in [1.29, 1.82) is 0 Å². The molecule has 1 aliphatic heterocycles. The van der Waals surface area contributed by atoms with Crippen molar-refractivity contribution in [3.8, 4) is 11.1 Å². The highest BCUT2D eigenvalue weighted by molar-refractivity contribution is 7.17. The summed E-state index contributed by atoms with van der Waals surface area (Å²) in [5.74, 6) is 0. The third-order valence-corrected chi connectivity index (χ3v) is 7.02. The lowest BCUT2D eigenvalue weighted by molar-refractivity contribution is 0.206. The molecule has 0 saturated carbocycles. The van der Waals surface area contributed by atoms with Gasteiger partial charge in [0.15, 0.2) is 0 Å². The lowest BCUT2D eigenvalue weighted by Gasteiger charge is -2.29. The molecule has 0 fully saturated rings. The van der Waals surface area contributed by atoms with Crippen molar-refractivity contribution in [3.63, 3.8) is 0 Å². The van der Waals surface area contributed by atoms with Gasteiger partial charge in [-0.25, -0.2) is 4.79 Å². The van der Waals surface area contributed by atoms with Crippen molar-refractivity contribution in [2.24, 2.45) is 0 Å². The van der Waals surface area contributed by atoms with Crippen molar-refractivity contribution in [1.82, 2.24) is 9.88 Å². The Balaban J connectivity index is 1.21. The maximum atomic E-state index is 12.9. The number of thiophene rings is 1. The van der Waals surface area contributed by atoms with E-state index in [9.17, 15) is 4.79 Å². The molecule has 3 heterocycles. The minimum absolute atomic E-state index is 0.0533. The van der Waals surface area contributed by atoms with Gasteiger partial charge in [0.25, 0.3) is 0 Å². The van der Waals surface area contributed by atoms with Crippen LogP contribution in [0.3, 0.4) is 0 Å². The van der Waals surface area contributed by atoms with Crippen LogP contribution in [0.2, 0.25) is 0 Å². The van der Waals surface area contributed by atoms with Crippen molar-refractivity contribution < 1.29 is 4.79 Å². The Bertz CT molecular complexity index is 1430. The molecule has 1 aliphatic rings. The van der Waals surface area contributed by atoms with Crippen LogP contribution in [0.15, 0.2) is 78.3 Å². The number of carbonyl (C=O) groups is 1. The monoisotopic (exact) mass is 423 g/mol. The van der Waals surface area contributed by atoms with Gasteiger partial charge in [-0.1, -0.05) is 42.5 Å². The summed E-state index contributed by atoms with van der Waals surface area (Å²) in [6, 6.07) is 23.4. The molecule has 0 radical (unpaired) electrons. The van der Waals surface area contributed by atoms with Crippen LogP contribution >= 0.6 is 11.3 Å². The number of amides is 2. The molecule has 3 aromatic carbocycles. The Morgan fingerprint density at radius 1 is 0.968 bits per heavy atom. The molecule has 5 heteroatoms. The molecular weight excluding hydrogens is 402 g/mol. The third-order valence-electron chi connectivity index (χ3n) is 6.12. The highest BCUT2D eigenvalue weighted by Crippen LogP contribution is 2.31. The number of hydrogen-bond donors (Lipinski definition) is 2. The van der Waals surface area contributed by atoms with Crippen LogP contribution in [0.1, 0.15) is 11.1 Å². The number of benzene rings is 3. The maximum Gasteiger partial charge on any atom is 0.322 e. The maximum absolute atomic E-state index is 12.9. The second-order valence-corrected chi connectivity index (χ2v) is 8.95. The molecule has 31 heavy (non-hydrogen) atoms. The number of carbonyl (C=O) groups excluding carboxylic acids is 1. The van der Waals surface area contributed by atoms with Crippen LogP contribution in [0.5, 0.6) is 0 Å². The summed E-state index contributed by atoms with van der Waals surface area (Å²) in [5, 5.41) is 7.53. The molecule has 0 atom stereocenters. The molecule has 0 spiro atoms. The predicted molar refractivity (Wildman–Crippen MR) is 129 cm³/mol. The van der Waals surface area contributed by atoms with Crippen molar-refractivity contribution in [2.45, 2.75) is 13.0 Å². The molecule has 0 aliphatic carbocycles. The summed E-state index contributed by atoms with van der Waals surface area (Å²) in [6.45, 7) is 1.35. The minimum atomic E-state index is -0.0533. The topological polar surface area (TPSA) is 48.1 Å². The average Bonchev–Trinajstić information content (AvgIpc) is 3.45. The van der Waals surface area contributed by atoms with E-state index in [-0.39, 0.29) is 6.03 Å². The fourth-order valence-corrected chi connectivity index (χ4v) is 5.19. The fourth-order valence-electron chi connectivity index (χ4n) is 4.42. The zero-order valence-electron chi connectivity index (χ0n) is 16.9. The molecule has 0 unspecified atom stereocenters. The van der Waals surface area contributed by atoms with E-state index >= 15 is 0 Å². The Morgan fingerprint density at radius 2 is 1.84 bits per heavy atom. The Morgan fingerprint density at radius 3 is 2.81 bits per heavy atom.